The summed E-state index contributed by atoms with van der Waals surface area (Å²) in [5.74, 6) is 0. The van der Waals surface area contributed by atoms with E-state index in [2.05, 4.69) is 4.72 Å². The van der Waals surface area contributed by atoms with Gasteiger partial charge in [-0.1, -0.05) is 6.92 Å². The number of sulfonamides is 1. The van der Waals surface area contributed by atoms with Gasteiger partial charge in [0.1, 0.15) is 0 Å². The SMILES string of the molecule is CSC(C)CCNS(=O)(=O)c1cc(N)ccc1[N+](=O)[O-]. The molecule has 0 aliphatic heterocycles. The molecule has 20 heavy (non-hydrogen) atoms. The maximum Gasteiger partial charge on any atom is 0.289 e. The van der Waals surface area contributed by atoms with Crippen LogP contribution in [0.5, 0.6) is 0 Å². The van der Waals surface area contributed by atoms with Crippen LogP contribution in [0.2, 0.25) is 0 Å². The molecular formula is C11H17N3O4S2. The maximum atomic E-state index is 12.1. The van der Waals surface area contributed by atoms with Gasteiger partial charge in [0.2, 0.25) is 10.0 Å². The molecule has 0 aliphatic carbocycles. The van der Waals surface area contributed by atoms with Gasteiger partial charge in [0.15, 0.2) is 4.90 Å². The van der Waals surface area contributed by atoms with Crippen molar-refractivity contribution in [2.45, 2.75) is 23.5 Å². The molecule has 0 amide bonds. The van der Waals surface area contributed by atoms with Crippen LogP contribution in [0.1, 0.15) is 13.3 Å². The Hall–Kier alpha value is -1.32. The third kappa shape index (κ3) is 4.36. The van der Waals surface area contributed by atoms with Crippen molar-refractivity contribution in [1.29, 1.82) is 0 Å². The van der Waals surface area contributed by atoms with Crippen LogP contribution < -0.4 is 10.5 Å². The van der Waals surface area contributed by atoms with Gasteiger partial charge >= 0.3 is 0 Å². The van der Waals surface area contributed by atoms with E-state index in [1.807, 2.05) is 13.2 Å². The summed E-state index contributed by atoms with van der Waals surface area (Å²) < 4.78 is 26.6. The van der Waals surface area contributed by atoms with Crippen molar-refractivity contribution in [3.63, 3.8) is 0 Å². The molecule has 0 spiro atoms. The molecule has 0 saturated heterocycles. The van der Waals surface area contributed by atoms with Gasteiger partial charge in [-0.2, -0.15) is 11.8 Å². The number of hydrogen-bond acceptors (Lipinski definition) is 6. The molecule has 0 bridgehead atoms. The molecule has 112 valence electrons. The topological polar surface area (TPSA) is 115 Å². The first-order valence-electron chi connectivity index (χ1n) is 5.84. The fourth-order valence-corrected chi connectivity index (χ4v) is 3.09. The van der Waals surface area contributed by atoms with E-state index in [4.69, 9.17) is 5.73 Å². The number of thioether (sulfide) groups is 1. The zero-order chi connectivity index (χ0) is 15.3. The molecule has 1 rings (SSSR count). The smallest absolute Gasteiger partial charge is 0.289 e. The van der Waals surface area contributed by atoms with Gasteiger partial charge in [0, 0.05) is 23.5 Å². The fraction of sp³-hybridized carbons (Fsp3) is 0.455. The van der Waals surface area contributed by atoms with Gasteiger partial charge in [-0.3, -0.25) is 10.1 Å². The van der Waals surface area contributed by atoms with Crippen molar-refractivity contribution in [2.75, 3.05) is 18.5 Å². The lowest BCUT2D eigenvalue weighted by atomic mass is 10.3. The highest BCUT2D eigenvalue weighted by Gasteiger charge is 2.25. The van der Waals surface area contributed by atoms with E-state index in [1.165, 1.54) is 6.07 Å². The Bertz CT molecular complexity index is 589. The molecular weight excluding hydrogens is 302 g/mol. The summed E-state index contributed by atoms with van der Waals surface area (Å²) in [7, 11) is -3.94. The monoisotopic (exact) mass is 319 g/mol. The van der Waals surface area contributed by atoms with Crippen LogP contribution in [0, 0.1) is 10.1 Å². The molecule has 7 nitrogen and oxygen atoms in total. The number of hydrogen-bond donors (Lipinski definition) is 2. The Balaban J connectivity index is 2.97. The number of nitrogens with two attached hydrogens (primary N) is 1. The second kappa shape index (κ2) is 6.91. The number of rotatable bonds is 7. The van der Waals surface area contributed by atoms with Crippen molar-refractivity contribution in [1.82, 2.24) is 4.72 Å². The van der Waals surface area contributed by atoms with Gasteiger partial charge in [0.05, 0.1) is 4.92 Å². The predicted octanol–water partition coefficient (Wildman–Crippen LogP) is 1.60. The number of anilines is 1. The van der Waals surface area contributed by atoms with Crippen molar-refractivity contribution < 1.29 is 13.3 Å². The summed E-state index contributed by atoms with van der Waals surface area (Å²) in [6.45, 7) is 2.19. The van der Waals surface area contributed by atoms with Gasteiger partial charge in [-0.05, 0) is 24.8 Å². The summed E-state index contributed by atoms with van der Waals surface area (Å²) in [6, 6.07) is 3.49. The molecule has 0 heterocycles. The number of nitrogens with one attached hydrogen (secondary N) is 1. The summed E-state index contributed by atoms with van der Waals surface area (Å²) in [4.78, 5) is 9.74. The van der Waals surface area contributed by atoms with E-state index < -0.39 is 25.5 Å². The summed E-state index contributed by atoms with van der Waals surface area (Å²) in [5, 5.41) is 11.2. The van der Waals surface area contributed by atoms with Crippen molar-refractivity contribution in [3.8, 4) is 0 Å². The first kappa shape index (κ1) is 16.7. The van der Waals surface area contributed by atoms with Crippen molar-refractivity contribution in [2.24, 2.45) is 0 Å². The molecule has 0 aromatic heterocycles. The molecule has 0 radical (unpaired) electrons. The number of nitrogen functional groups attached to an aromatic ring is 1. The first-order chi connectivity index (χ1) is 9.27. The molecule has 1 unspecified atom stereocenters. The summed E-state index contributed by atoms with van der Waals surface area (Å²) in [6.07, 6.45) is 2.57. The Morgan fingerprint density at radius 1 is 1.50 bits per heavy atom. The van der Waals surface area contributed by atoms with Crippen LogP contribution in [0.4, 0.5) is 11.4 Å². The summed E-state index contributed by atoms with van der Waals surface area (Å²) >= 11 is 1.62. The van der Waals surface area contributed by atoms with E-state index in [9.17, 15) is 18.5 Å². The lowest BCUT2D eigenvalue weighted by Gasteiger charge is -2.10. The van der Waals surface area contributed by atoms with Crippen LogP contribution in [0.15, 0.2) is 23.1 Å². The van der Waals surface area contributed by atoms with Crippen LogP contribution >= 0.6 is 11.8 Å². The Morgan fingerprint density at radius 3 is 2.70 bits per heavy atom. The van der Waals surface area contributed by atoms with Crippen molar-refractivity contribution >= 4 is 33.2 Å². The molecule has 9 heteroatoms. The quantitative estimate of drug-likeness (QED) is 0.448. The molecule has 0 aliphatic rings. The van der Waals surface area contributed by atoms with E-state index >= 15 is 0 Å². The standard InChI is InChI=1S/C11H17N3O4S2/c1-8(19-2)5-6-13-20(17,18)11-7-9(12)3-4-10(11)14(15)16/h3-4,7-8,13H,5-6,12H2,1-2H3. The number of nitrogens with zero attached hydrogens (tertiary/aromatic N) is 1. The largest absolute Gasteiger partial charge is 0.399 e. The second-order valence-corrected chi connectivity index (χ2v) is 7.23. The highest BCUT2D eigenvalue weighted by Crippen LogP contribution is 2.25. The summed E-state index contributed by atoms with van der Waals surface area (Å²) in [5.41, 5.74) is 5.18. The van der Waals surface area contributed by atoms with Crippen molar-refractivity contribution in [3.05, 3.63) is 28.3 Å². The Labute approximate surface area is 122 Å². The zero-order valence-corrected chi connectivity index (χ0v) is 12.8. The van der Waals surface area contributed by atoms with Crippen LogP contribution in [-0.4, -0.2) is 31.4 Å². The average Bonchev–Trinajstić information content (AvgIpc) is 2.37. The van der Waals surface area contributed by atoms with Gasteiger partial charge in [-0.25, -0.2) is 13.1 Å². The normalized spacial score (nSPS) is 13.1. The lowest BCUT2D eigenvalue weighted by molar-refractivity contribution is -0.387. The van der Waals surface area contributed by atoms with Crippen LogP contribution in [-0.2, 0) is 10.0 Å². The highest BCUT2D eigenvalue weighted by atomic mass is 32.2. The Morgan fingerprint density at radius 2 is 2.15 bits per heavy atom. The minimum Gasteiger partial charge on any atom is -0.399 e. The minimum absolute atomic E-state index is 0.161. The second-order valence-electron chi connectivity index (χ2n) is 4.22. The molecule has 3 N–H and O–H groups in total. The molecule has 1 aromatic rings. The number of benzene rings is 1. The molecule has 0 fully saturated rings. The molecule has 0 saturated carbocycles. The van der Waals surface area contributed by atoms with Crippen LogP contribution in [0.3, 0.4) is 0 Å². The molecule has 1 aromatic carbocycles. The third-order valence-corrected chi connectivity index (χ3v) is 5.25. The van der Waals surface area contributed by atoms with Gasteiger partial charge in [-0.15, -0.1) is 0 Å². The maximum absolute atomic E-state index is 12.1. The average molecular weight is 319 g/mol. The zero-order valence-electron chi connectivity index (χ0n) is 11.2. The highest BCUT2D eigenvalue weighted by molar-refractivity contribution is 7.99. The predicted molar refractivity (Wildman–Crippen MR) is 80.3 cm³/mol. The van der Waals surface area contributed by atoms with Gasteiger partial charge in [0.25, 0.3) is 5.69 Å². The van der Waals surface area contributed by atoms with E-state index in [1.54, 1.807) is 11.8 Å². The van der Waals surface area contributed by atoms with Gasteiger partial charge < -0.3 is 5.73 Å². The Kier molecular flexibility index (Phi) is 5.78. The molecule has 1 atom stereocenters. The fourth-order valence-electron chi connectivity index (χ4n) is 1.49. The first-order valence-corrected chi connectivity index (χ1v) is 8.61. The van der Waals surface area contributed by atoms with Crippen LogP contribution in [0.25, 0.3) is 0 Å². The van der Waals surface area contributed by atoms with E-state index in [0.717, 1.165) is 12.1 Å². The van der Waals surface area contributed by atoms with E-state index in [0.29, 0.717) is 11.7 Å². The third-order valence-electron chi connectivity index (χ3n) is 2.72. The number of nitro benzene ring substituents is 1. The number of nitro groups is 1. The lowest BCUT2D eigenvalue weighted by Crippen LogP contribution is -2.27. The van der Waals surface area contributed by atoms with E-state index in [-0.39, 0.29) is 12.2 Å². The minimum atomic E-state index is -3.94.